The van der Waals surface area contributed by atoms with Crippen LogP contribution in [0.3, 0.4) is 0 Å². The molecule has 0 aromatic carbocycles. The summed E-state index contributed by atoms with van der Waals surface area (Å²) in [6.07, 6.45) is 6.48. The van der Waals surface area contributed by atoms with Crippen LogP contribution in [0.5, 0.6) is 0 Å². The van der Waals surface area contributed by atoms with Gasteiger partial charge in [-0.3, -0.25) is 14.7 Å². The third-order valence-electron chi connectivity index (χ3n) is 5.84. The Hall–Kier alpha value is -2.11. The van der Waals surface area contributed by atoms with Crippen molar-refractivity contribution < 1.29 is 4.79 Å². The Kier molecular flexibility index (Phi) is 3.70. The van der Waals surface area contributed by atoms with Gasteiger partial charge >= 0.3 is 0 Å². The first-order valence-electron chi connectivity index (χ1n) is 8.92. The number of carbonyl (C=O) groups excluding carboxylic acids is 1. The van der Waals surface area contributed by atoms with Gasteiger partial charge in [0.1, 0.15) is 0 Å². The molecule has 0 unspecified atom stereocenters. The number of fused-ring (bicyclic) bond motifs is 1. The van der Waals surface area contributed by atoms with Gasteiger partial charge in [-0.1, -0.05) is 6.42 Å². The number of amides is 1. The highest BCUT2D eigenvalue weighted by atomic mass is 16.2. The maximum Gasteiger partial charge on any atom is 0.266 e. The zero-order valence-corrected chi connectivity index (χ0v) is 14.3. The van der Waals surface area contributed by atoms with Crippen molar-refractivity contribution in [1.29, 1.82) is 0 Å². The van der Waals surface area contributed by atoms with Crippen LogP contribution in [0.2, 0.25) is 0 Å². The lowest BCUT2D eigenvalue weighted by atomic mass is 9.78. The molecule has 1 atom stereocenters. The predicted octanol–water partition coefficient (Wildman–Crippen LogP) is 1.97. The molecule has 2 aromatic heterocycles. The fraction of sp³-hybridized carbons (Fsp3) is 0.611. The first kappa shape index (κ1) is 15.4. The second-order valence-electron chi connectivity index (χ2n) is 7.24. The Morgan fingerprint density at radius 2 is 2.08 bits per heavy atom. The molecule has 128 valence electrons. The molecule has 1 saturated carbocycles. The second kappa shape index (κ2) is 5.76. The molecule has 1 N–H and O–H groups in total. The van der Waals surface area contributed by atoms with Crippen molar-refractivity contribution in [3.63, 3.8) is 0 Å². The molecule has 6 heteroatoms. The van der Waals surface area contributed by atoms with Gasteiger partial charge in [-0.05, 0) is 45.4 Å². The number of nitrogens with zero attached hydrogens (tertiary/aromatic N) is 3. The molecular weight excluding hydrogens is 304 g/mol. The maximum absolute atomic E-state index is 12.9. The van der Waals surface area contributed by atoms with E-state index >= 15 is 0 Å². The van der Waals surface area contributed by atoms with Gasteiger partial charge < -0.3 is 4.90 Å². The molecule has 2 aliphatic rings. The van der Waals surface area contributed by atoms with Crippen molar-refractivity contribution in [1.82, 2.24) is 19.5 Å². The van der Waals surface area contributed by atoms with E-state index < -0.39 is 0 Å². The van der Waals surface area contributed by atoms with E-state index in [0.29, 0.717) is 24.0 Å². The van der Waals surface area contributed by atoms with Gasteiger partial charge in [-0.25, -0.2) is 9.50 Å². The highest BCUT2D eigenvalue weighted by Crippen LogP contribution is 2.37. The maximum atomic E-state index is 12.9. The van der Waals surface area contributed by atoms with E-state index in [4.69, 9.17) is 0 Å². The molecule has 6 nitrogen and oxygen atoms in total. The molecule has 2 fully saturated rings. The van der Waals surface area contributed by atoms with Crippen molar-refractivity contribution in [2.24, 2.45) is 5.92 Å². The van der Waals surface area contributed by atoms with Crippen molar-refractivity contribution in [2.45, 2.75) is 58.4 Å². The van der Waals surface area contributed by atoms with Crippen LogP contribution in [0.15, 0.2) is 10.9 Å². The standard InChI is InChI=1S/C18H24N4O2/c1-11-14(12(2)22-16(19-11)10-17(23)20-22)9-18(24)21-8-4-7-15(21)13-5-3-6-13/h10,13,15H,3-9H2,1-2H3,(H,20,23)/t15-/m1/s1. The number of carbonyl (C=O) groups is 1. The third-order valence-corrected chi connectivity index (χ3v) is 5.84. The first-order valence-corrected chi connectivity index (χ1v) is 8.92. The summed E-state index contributed by atoms with van der Waals surface area (Å²) in [7, 11) is 0. The molecule has 2 aromatic rings. The molecule has 1 aliphatic heterocycles. The van der Waals surface area contributed by atoms with Gasteiger partial charge in [-0.2, -0.15) is 0 Å². The molecule has 1 saturated heterocycles. The Morgan fingerprint density at radius 1 is 1.29 bits per heavy atom. The Bertz CT molecular complexity index is 847. The summed E-state index contributed by atoms with van der Waals surface area (Å²) in [5, 5.41) is 2.76. The lowest BCUT2D eigenvalue weighted by Gasteiger charge is -2.37. The van der Waals surface area contributed by atoms with E-state index in [1.54, 1.807) is 4.52 Å². The van der Waals surface area contributed by atoms with Gasteiger partial charge in [0, 0.05) is 35.6 Å². The summed E-state index contributed by atoms with van der Waals surface area (Å²) in [5.74, 6) is 0.909. The van der Waals surface area contributed by atoms with Gasteiger partial charge in [0.2, 0.25) is 5.91 Å². The van der Waals surface area contributed by atoms with E-state index in [1.807, 2.05) is 13.8 Å². The average molecular weight is 328 g/mol. The normalized spacial score (nSPS) is 21.4. The van der Waals surface area contributed by atoms with Crippen LogP contribution in [-0.2, 0) is 11.2 Å². The van der Waals surface area contributed by atoms with Crippen LogP contribution in [0, 0.1) is 19.8 Å². The number of H-pyrrole nitrogens is 1. The van der Waals surface area contributed by atoms with E-state index in [1.165, 1.54) is 25.3 Å². The van der Waals surface area contributed by atoms with Crippen LogP contribution >= 0.6 is 0 Å². The second-order valence-corrected chi connectivity index (χ2v) is 7.24. The minimum atomic E-state index is -0.168. The SMILES string of the molecule is Cc1nc2cc(=O)[nH]n2c(C)c1CC(=O)N1CCC[C@@H]1C1CCC1. The molecule has 4 rings (SSSR count). The topological polar surface area (TPSA) is 70.5 Å². The van der Waals surface area contributed by atoms with Crippen LogP contribution in [0.1, 0.15) is 49.1 Å². The quantitative estimate of drug-likeness (QED) is 0.936. The lowest BCUT2D eigenvalue weighted by Crippen LogP contribution is -2.43. The van der Waals surface area contributed by atoms with Crippen LogP contribution in [0.25, 0.3) is 5.65 Å². The Labute approximate surface area is 140 Å². The van der Waals surface area contributed by atoms with Gasteiger partial charge in [-0.15, -0.1) is 0 Å². The molecule has 1 aliphatic carbocycles. The number of likely N-dealkylation sites (tertiary alicyclic amines) is 1. The highest BCUT2D eigenvalue weighted by molar-refractivity contribution is 5.80. The number of aryl methyl sites for hydroxylation is 2. The minimum Gasteiger partial charge on any atom is -0.339 e. The Balaban J connectivity index is 1.61. The molecule has 0 spiro atoms. The van der Waals surface area contributed by atoms with Crippen LogP contribution < -0.4 is 5.56 Å². The van der Waals surface area contributed by atoms with Crippen molar-refractivity contribution >= 4 is 11.6 Å². The summed E-state index contributed by atoms with van der Waals surface area (Å²) in [6.45, 7) is 4.74. The predicted molar refractivity (Wildman–Crippen MR) is 91.1 cm³/mol. The summed E-state index contributed by atoms with van der Waals surface area (Å²) >= 11 is 0. The van der Waals surface area contributed by atoms with E-state index in [9.17, 15) is 9.59 Å². The number of nitrogens with one attached hydrogen (secondary N) is 1. The molecule has 0 bridgehead atoms. The summed E-state index contributed by atoms with van der Waals surface area (Å²) in [4.78, 5) is 31.1. The largest absolute Gasteiger partial charge is 0.339 e. The number of hydrogen-bond acceptors (Lipinski definition) is 3. The van der Waals surface area contributed by atoms with E-state index in [0.717, 1.165) is 36.3 Å². The molecular formula is C18H24N4O2. The van der Waals surface area contributed by atoms with Gasteiger partial charge in [0.15, 0.2) is 5.65 Å². The van der Waals surface area contributed by atoms with Crippen molar-refractivity contribution in [3.05, 3.63) is 33.4 Å². The smallest absolute Gasteiger partial charge is 0.266 e. The zero-order valence-electron chi connectivity index (χ0n) is 14.3. The van der Waals surface area contributed by atoms with Crippen molar-refractivity contribution in [2.75, 3.05) is 6.54 Å². The third kappa shape index (κ3) is 2.44. The number of aromatic nitrogens is 3. The molecule has 24 heavy (non-hydrogen) atoms. The van der Waals surface area contributed by atoms with Crippen molar-refractivity contribution in [3.8, 4) is 0 Å². The van der Waals surface area contributed by atoms with Crippen LogP contribution in [-0.4, -0.2) is 38.0 Å². The molecule has 0 radical (unpaired) electrons. The summed E-state index contributed by atoms with van der Waals surface area (Å²) < 4.78 is 1.69. The summed E-state index contributed by atoms with van der Waals surface area (Å²) in [5.41, 5.74) is 3.10. The lowest BCUT2D eigenvalue weighted by molar-refractivity contribution is -0.132. The van der Waals surface area contributed by atoms with E-state index in [2.05, 4.69) is 15.0 Å². The fourth-order valence-corrected chi connectivity index (χ4v) is 4.28. The zero-order chi connectivity index (χ0) is 16.8. The fourth-order valence-electron chi connectivity index (χ4n) is 4.28. The number of rotatable bonds is 3. The number of aromatic amines is 1. The van der Waals surface area contributed by atoms with Crippen LogP contribution in [0.4, 0.5) is 0 Å². The minimum absolute atomic E-state index is 0.168. The first-order chi connectivity index (χ1) is 11.5. The van der Waals surface area contributed by atoms with Gasteiger partial charge in [0.05, 0.1) is 6.42 Å². The van der Waals surface area contributed by atoms with E-state index in [-0.39, 0.29) is 11.5 Å². The molecule has 1 amide bonds. The number of hydrogen-bond donors (Lipinski definition) is 1. The van der Waals surface area contributed by atoms with Gasteiger partial charge in [0.25, 0.3) is 5.56 Å². The average Bonchev–Trinajstić information content (AvgIpc) is 3.08. The molecule has 3 heterocycles. The Morgan fingerprint density at radius 3 is 2.79 bits per heavy atom. The highest BCUT2D eigenvalue weighted by Gasteiger charge is 2.37. The monoisotopic (exact) mass is 328 g/mol. The summed E-state index contributed by atoms with van der Waals surface area (Å²) in [6, 6.07) is 1.92.